The summed E-state index contributed by atoms with van der Waals surface area (Å²) in [6, 6.07) is 8.19. The number of nitrogens with zero attached hydrogens (tertiary/aromatic N) is 1. The Kier molecular flexibility index (Phi) is 5.54. The van der Waals surface area contributed by atoms with Crippen molar-refractivity contribution >= 4 is 52.3 Å². The number of thiocarbonyl (C=S) groups is 1. The third-order valence-corrected chi connectivity index (χ3v) is 3.36. The Labute approximate surface area is 142 Å². The zero-order chi connectivity index (χ0) is 16.1. The molecule has 1 aromatic heterocycles. The number of amides is 1. The third-order valence-electron chi connectivity index (χ3n) is 2.60. The number of ether oxygens (including phenoxy) is 1. The van der Waals surface area contributed by atoms with Gasteiger partial charge in [0, 0.05) is 11.8 Å². The SMILES string of the molecule is COc1c(Cl)cc(C(=O)NC(=S)Nc2ccccn2)cc1Cl. The van der Waals surface area contributed by atoms with E-state index in [0.717, 1.165) is 0 Å². The fourth-order valence-electron chi connectivity index (χ4n) is 1.65. The molecule has 8 heteroatoms. The van der Waals surface area contributed by atoms with E-state index in [1.54, 1.807) is 24.4 Å². The maximum atomic E-state index is 12.1. The van der Waals surface area contributed by atoms with Crippen molar-refractivity contribution in [1.82, 2.24) is 10.3 Å². The molecule has 5 nitrogen and oxygen atoms in total. The van der Waals surface area contributed by atoms with E-state index in [1.165, 1.54) is 19.2 Å². The van der Waals surface area contributed by atoms with Gasteiger partial charge in [0.05, 0.1) is 17.2 Å². The second-order valence-corrected chi connectivity index (χ2v) is 5.32. The average molecular weight is 356 g/mol. The zero-order valence-corrected chi connectivity index (χ0v) is 13.7. The molecule has 0 saturated carbocycles. The van der Waals surface area contributed by atoms with E-state index in [-0.39, 0.29) is 20.7 Å². The van der Waals surface area contributed by atoms with Crippen LogP contribution in [0.3, 0.4) is 0 Å². The Morgan fingerprint density at radius 2 is 1.95 bits per heavy atom. The first-order valence-corrected chi connectivity index (χ1v) is 7.24. The van der Waals surface area contributed by atoms with Gasteiger partial charge in [-0.15, -0.1) is 0 Å². The number of anilines is 1. The second kappa shape index (κ2) is 7.40. The smallest absolute Gasteiger partial charge is 0.257 e. The van der Waals surface area contributed by atoms with Crippen LogP contribution in [0.1, 0.15) is 10.4 Å². The highest BCUT2D eigenvalue weighted by atomic mass is 35.5. The summed E-state index contributed by atoms with van der Waals surface area (Å²) in [6.07, 6.45) is 1.61. The monoisotopic (exact) mass is 355 g/mol. The van der Waals surface area contributed by atoms with Gasteiger partial charge in [0.25, 0.3) is 5.91 Å². The highest BCUT2D eigenvalue weighted by Crippen LogP contribution is 2.33. The van der Waals surface area contributed by atoms with Crippen molar-refractivity contribution in [3.05, 3.63) is 52.1 Å². The molecule has 114 valence electrons. The van der Waals surface area contributed by atoms with Crippen LogP contribution in [0.15, 0.2) is 36.5 Å². The lowest BCUT2D eigenvalue weighted by Crippen LogP contribution is -2.34. The van der Waals surface area contributed by atoms with Crippen molar-refractivity contribution in [2.45, 2.75) is 0 Å². The molecule has 0 bridgehead atoms. The fourth-order valence-corrected chi connectivity index (χ4v) is 2.48. The highest BCUT2D eigenvalue weighted by molar-refractivity contribution is 7.80. The number of carbonyl (C=O) groups excluding carboxylic acids is 1. The van der Waals surface area contributed by atoms with Crippen molar-refractivity contribution in [2.75, 3.05) is 12.4 Å². The first-order valence-electron chi connectivity index (χ1n) is 6.07. The van der Waals surface area contributed by atoms with Crippen LogP contribution in [0, 0.1) is 0 Å². The highest BCUT2D eigenvalue weighted by Gasteiger charge is 2.14. The van der Waals surface area contributed by atoms with Crippen molar-refractivity contribution in [2.24, 2.45) is 0 Å². The topological polar surface area (TPSA) is 63.2 Å². The number of nitrogens with one attached hydrogen (secondary N) is 2. The average Bonchev–Trinajstić information content (AvgIpc) is 2.47. The molecule has 2 N–H and O–H groups in total. The predicted molar refractivity (Wildman–Crippen MR) is 90.9 cm³/mol. The summed E-state index contributed by atoms with van der Waals surface area (Å²) in [5.41, 5.74) is 0.265. The number of hydrogen-bond acceptors (Lipinski definition) is 4. The largest absolute Gasteiger partial charge is 0.494 e. The summed E-state index contributed by atoms with van der Waals surface area (Å²) in [5.74, 6) is 0.396. The molecule has 0 fully saturated rings. The lowest BCUT2D eigenvalue weighted by molar-refractivity contribution is 0.0977. The minimum atomic E-state index is -0.445. The van der Waals surface area contributed by atoms with Gasteiger partial charge in [0.15, 0.2) is 10.9 Å². The number of methoxy groups -OCH3 is 1. The summed E-state index contributed by atoms with van der Waals surface area (Å²) in [5, 5.41) is 5.91. The number of benzene rings is 1. The quantitative estimate of drug-likeness (QED) is 0.824. The number of pyridine rings is 1. The van der Waals surface area contributed by atoms with Gasteiger partial charge in [-0.3, -0.25) is 10.1 Å². The lowest BCUT2D eigenvalue weighted by atomic mass is 10.2. The van der Waals surface area contributed by atoms with Crippen LogP contribution in [-0.2, 0) is 0 Å². The van der Waals surface area contributed by atoms with Gasteiger partial charge in [-0.25, -0.2) is 4.98 Å². The maximum Gasteiger partial charge on any atom is 0.257 e. The van der Waals surface area contributed by atoms with E-state index in [9.17, 15) is 4.79 Å². The molecule has 0 saturated heterocycles. The minimum Gasteiger partial charge on any atom is -0.494 e. The van der Waals surface area contributed by atoms with Crippen molar-refractivity contribution < 1.29 is 9.53 Å². The molecular weight excluding hydrogens is 345 g/mol. The van der Waals surface area contributed by atoms with Crippen LogP contribution in [0.25, 0.3) is 0 Å². The Hall–Kier alpha value is -1.89. The molecule has 2 rings (SSSR count). The van der Waals surface area contributed by atoms with E-state index >= 15 is 0 Å². The number of carbonyl (C=O) groups is 1. The lowest BCUT2D eigenvalue weighted by Gasteiger charge is -2.11. The standard InChI is InChI=1S/C14H11Cl2N3O2S/c1-21-12-9(15)6-8(7-10(12)16)13(20)19-14(22)18-11-4-2-3-5-17-11/h2-7H,1H3,(H2,17,18,19,20,22). The Morgan fingerprint density at radius 3 is 2.50 bits per heavy atom. The summed E-state index contributed by atoms with van der Waals surface area (Å²) in [4.78, 5) is 16.2. The van der Waals surface area contributed by atoms with Crippen molar-refractivity contribution in [3.8, 4) is 5.75 Å². The molecule has 0 spiro atoms. The molecule has 1 amide bonds. The Morgan fingerprint density at radius 1 is 1.27 bits per heavy atom. The molecular formula is C14H11Cl2N3O2S. The van der Waals surface area contributed by atoms with Crippen LogP contribution in [0.4, 0.5) is 5.82 Å². The van der Waals surface area contributed by atoms with Gasteiger partial charge in [0.1, 0.15) is 5.82 Å². The molecule has 0 radical (unpaired) electrons. The van der Waals surface area contributed by atoms with Gasteiger partial charge >= 0.3 is 0 Å². The predicted octanol–water partition coefficient (Wildman–Crippen LogP) is 3.52. The number of aromatic nitrogens is 1. The van der Waals surface area contributed by atoms with Crippen molar-refractivity contribution in [3.63, 3.8) is 0 Å². The van der Waals surface area contributed by atoms with E-state index in [4.69, 9.17) is 40.2 Å². The zero-order valence-electron chi connectivity index (χ0n) is 11.4. The first-order chi connectivity index (χ1) is 10.5. The summed E-state index contributed by atoms with van der Waals surface area (Å²) in [6.45, 7) is 0. The summed E-state index contributed by atoms with van der Waals surface area (Å²) >= 11 is 17.0. The minimum absolute atomic E-state index is 0.117. The number of hydrogen-bond donors (Lipinski definition) is 2. The molecule has 0 atom stereocenters. The van der Waals surface area contributed by atoms with E-state index in [1.807, 2.05) is 0 Å². The fraction of sp³-hybridized carbons (Fsp3) is 0.0714. The molecule has 0 aliphatic carbocycles. The molecule has 0 aliphatic heterocycles. The Bertz CT molecular complexity index is 687. The molecule has 22 heavy (non-hydrogen) atoms. The van der Waals surface area contributed by atoms with Crippen LogP contribution in [0.5, 0.6) is 5.75 Å². The molecule has 1 heterocycles. The molecule has 2 aromatic rings. The molecule has 0 aliphatic rings. The van der Waals surface area contributed by atoms with E-state index in [2.05, 4.69) is 15.6 Å². The molecule has 0 unspecified atom stereocenters. The summed E-state index contributed by atoms with van der Waals surface area (Å²) < 4.78 is 5.03. The van der Waals surface area contributed by atoms with Gasteiger partial charge in [-0.05, 0) is 36.5 Å². The normalized spacial score (nSPS) is 9.95. The molecule has 1 aromatic carbocycles. The maximum absolute atomic E-state index is 12.1. The van der Waals surface area contributed by atoms with Crippen LogP contribution >= 0.6 is 35.4 Å². The van der Waals surface area contributed by atoms with E-state index < -0.39 is 5.91 Å². The Balaban J connectivity index is 2.08. The number of rotatable bonds is 3. The van der Waals surface area contributed by atoms with Gasteiger partial charge in [-0.1, -0.05) is 29.3 Å². The van der Waals surface area contributed by atoms with Crippen molar-refractivity contribution in [1.29, 1.82) is 0 Å². The van der Waals surface area contributed by atoms with Crippen LogP contribution < -0.4 is 15.4 Å². The summed E-state index contributed by atoms with van der Waals surface area (Å²) in [7, 11) is 1.44. The van der Waals surface area contributed by atoms with Crippen LogP contribution in [0.2, 0.25) is 10.0 Å². The number of halogens is 2. The van der Waals surface area contributed by atoms with Gasteiger partial charge in [0.2, 0.25) is 0 Å². The van der Waals surface area contributed by atoms with Gasteiger partial charge < -0.3 is 10.1 Å². The second-order valence-electron chi connectivity index (χ2n) is 4.10. The third kappa shape index (κ3) is 4.07. The van der Waals surface area contributed by atoms with E-state index in [0.29, 0.717) is 11.6 Å². The van der Waals surface area contributed by atoms with Gasteiger partial charge in [-0.2, -0.15) is 0 Å². The van der Waals surface area contributed by atoms with Crippen LogP contribution in [-0.4, -0.2) is 23.1 Å². The first kappa shape index (κ1) is 16.5.